The molecule has 9 heteroatoms. The lowest BCUT2D eigenvalue weighted by molar-refractivity contribution is -0.141. The van der Waals surface area contributed by atoms with Gasteiger partial charge in [0.15, 0.2) is 5.69 Å². The fourth-order valence-electron chi connectivity index (χ4n) is 3.97. The molecule has 3 fully saturated rings. The minimum Gasteiger partial charge on any atom is -0.379 e. The van der Waals surface area contributed by atoms with Gasteiger partial charge in [0.05, 0.1) is 13.2 Å². The second-order valence-corrected chi connectivity index (χ2v) is 8.21. The molecule has 0 amide bonds. The van der Waals surface area contributed by atoms with E-state index in [1.807, 2.05) is 0 Å². The van der Waals surface area contributed by atoms with Gasteiger partial charge in [0, 0.05) is 50.7 Å². The van der Waals surface area contributed by atoms with Crippen LogP contribution in [-0.4, -0.2) is 64.4 Å². The molecule has 5 nitrogen and oxygen atoms in total. The fourth-order valence-corrected chi connectivity index (χ4v) is 5.24. The number of aromatic nitrogens is 2. The molecule has 134 valence electrons. The minimum absolute atomic E-state index is 0.376. The normalized spacial score (nSPS) is 25.7. The van der Waals surface area contributed by atoms with Crippen LogP contribution in [-0.2, 0) is 18.0 Å². The van der Waals surface area contributed by atoms with Crippen LogP contribution in [0, 0.1) is 5.41 Å². The van der Waals surface area contributed by atoms with Gasteiger partial charge in [0.1, 0.15) is 5.03 Å². The summed E-state index contributed by atoms with van der Waals surface area (Å²) in [5, 5.41) is 4.11. The van der Waals surface area contributed by atoms with Crippen molar-refractivity contribution in [3.05, 3.63) is 11.8 Å². The van der Waals surface area contributed by atoms with Crippen molar-refractivity contribution in [1.82, 2.24) is 19.0 Å². The van der Waals surface area contributed by atoms with E-state index >= 15 is 0 Å². The van der Waals surface area contributed by atoms with Crippen LogP contribution in [0.5, 0.6) is 0 Å². The highest BCUT2D eigenvalue weighted by Crippen LogP contribution is 2.53. The number of alkyl halides is 3. The number of halogens is 3. The second-order valence-electron chi connectivity index (χ2n) is 7.09. The third-order valence-electron chi connectivity index (χ3n) is 5.27. The average Bonchev–Trinajstić information content (AvgIpc) is 2.82. The summed E-state index contributed by atoms with van der Waals surface area (Å²) < 4.78 is 47.0. The maximum absolute atomic E-state index is 12.7. The van der Waals surface area contributed by atoms with Gasteiger partial charge in [0.2, 0.25) is 0 Å². The molecule has 0 atom stereocenters. The van der Waals surface area contributed by atoms with Crippen molar-refractivity contribution in [2.75, 3.05) is 39.4 Å². The lowest BCUT2D eigenvalue weighted by Gasteiger charge is -2.60. The topological polar surface area (TPSA) is 33.5 Å². The Morgan fingerprint density at radius 2 is 1.92 bits per heavy atom. The number of hydrogen-bond acceptors (Lipinski definition) is 5. The zero-order valence-corrected chi connectivity index (χ0v) is 14.4. The van der Waals surface area contributed by atoms with Gasteiger partial charge >= 0.3 is 6.18 Å². The number of ether oxygens (including phenoxy) is 1. The molecule has 0 N–H and O–H groups in total. The van der Waals surface area contributed by atoms with Crippen molar-refractivity contribution in [3.63, 3.8) is 0 Å². The molecule has 3 aliphatic rings. The number of rotatable bonds is 3. The number of aryl methyl sites for hydroxylation is 1. The summed E-state index contributed by atoms with van der Waals surface area (Å²) >= 11 is 1.38. The Hall–Kier alpha value is -0.770. The maximum atomic E-state index is 12.7. The molecule has 0 radical (unpaired) electrons. The van der Waals surface area contributed by atoms with Gasteiger partial charge in [-0.3, -0.25) is 9.58 Å². The van der Waals surface area contributed by atoms with E-state index in [0.29, 0.717) is 16.5 Å². The summed E-state index contributed by atoms with van der Waals surface area (Å²) in [5.41, 5.74) is -0.444. The summed E-state index contributed by atoms with van der Waals surface area (Å²) in [6.45, 7) is 5.60. The Bertz CT molecular complexity index is 600. The van der Waals surface area contributed by atoms with Gasteiger partial charge in [-0.2, -0.15) is 18.3 Å². The smallest absolute Gasteiger partial charge is 0.379 e. The van der Waals surface area contributed by atoms with Gasteiger partial charge in [-0.15, -0.1) is 0 Å². The van der Waals surface area contributed by atoms with E-state index in [-0.39, 0.29) is 0 Å². The molecule has 1 aromatic heterocycles. The molecule has 0 bridgehead atoms. The third kappa shape index (κ3) is 3.07. The standard InChI is InChI=1S/C15H21F3N4OS/c1-20-13(6-12(19-20)15(16,17)18)24-22-9-14(10-22)7-11(8-14)21-2-4-23-5-3-21/h6,11H,2-5,7-10H2,1H3. The van der Waals surface area contributed by atoms with Crippen LogP contribution in [0.15, 0.2) is 11.1 Å². The quantitative estimate of drug-likeness (QED) is 0.771. The molecule has 24 heavy (non-hydrogen) atoms. The van der Waals surface area contributed by atoms with Crippen molar-refractivity contribution in [2.45, 2.75) is 30.1 Å². The van der Waals surface area contributed by atoms with Crippen LogP contribution >= 0.6 is 11.9 Å². The Morgan fingerprint density at radius 3 is 2.50 bits per heavy atom. The minimum atomic E-state index is -4.38. The highest BCUT2D eigenvalue weighted by atomic mass is 32.2. The van der Waals surface area contributed by atoms with Crippen LogP contribution in [0.3, 0.4) is 0 Å². The first-order valence-corrected chi connectivity index (χ1v) is 8.98. The molecular weight excluding hydrogens is 341 g/mol. The SMILES string of the molecule is Cn1nc(C(F)(F)F)cc1SN1CC2(CC(N3CCOCC3)C2)C1. The Labute approximate surface area is 143 Å². The van der Waals surface area contributed by atoms with E-state index in [4.69, 9.17) is 4.74 Å². The highest BCUT2D eigenvalue weighted by molar-refractivity contribution is 7.97. The molecule has 1 spiro atoms. The van der Waals surface area contributed by atoms with Gasteiger partial charge in [0.25, 0.3) is 0 Å². The van der Waals surface area contributed by atoms with Crippen molar-refractivity contribution >= 4 is 11.9 Å². The molecule has 1 aromatic rings. The Morgan fingerprint density at radius 1 is 1.25 bits per heavy atom. The lowest BCUT2D eigenvalue weighted by Crippen LogP contribution is -2.65. The van der Waals surface area contributed by atoms with E-state index in [2.05, 4.69) is 14.3 Å². The van der Waals surface area contributed by atoms with Crippen LogP contribution in [0.2, 0.25) is 0 Å². The molecule has 2 saturated heterocycles. The number of hydrogen-bond donors (Lipinski definition) is 0. The van der Waals surface area contributed by atoms with Gasteiger partial charge in [-0.1, -0.05) is 0 Å². The Kier molecular flexibility index (Phi) is 4.10. The molecular formula is C15H21F3N4OS. The lowest BCUT2D eigenvalue weighted by atomic mass is 9.61. The first-order chi connectivity index (χ1) is 11.3. The molecule has 0 unspecified atom stereocenters. The summed E-state index contributed by atoms with van der Waals surface area (Å²) in [7, 11) is 1.56. The summed E-state index contributed by atoms with van der Waals surface area (Å²) in [5.74, 6) is 0. The monoisotopic (exact) mass is 362 g/mol. The second kappa shape index (κ2) is 5.89. The number of nitrogens with zero attached hydrogens (tertiary/aromatic N) is 4. The van der Waals surface area contributed by atoms with E-state index in [0.717, 1.165) is 45.5 Å². The Balaban J connectivity index is 1.28. The zero-order valence-electron chi connectivity index (χ0n) is 13.6. The highest BCUT2D eigenvalue weighted by Gasteiger charge is 2.54. The van der Waals surface area contributed by atoms with Crippen LogP contribution < -0.4 is 0 Å². The number of morpholine rings is 1. The van der Waals surface area contributed by atoms with Crippen molar-refractivity contribution in [2.24, 2.45) is 12.5 Å². The van der Waals surface area contributed by atoms with Crippen LogP contribution in [0.4, 0.5) is 13.2 Å². The average molecular weight is 362 g/mol. The summed E-state index contributed by atoms with van der Waals surface area (Å²) in [4.78, 5) is 2.52. The molecule has 4 rings (SSSR count). The third-order valence-corrected chi connectivity index (χ3v) is 6.36. The molecule has 0 aromatic carbocycles. The maximum Gasteiger partial charge on any atom is 0.435 e. The first kappa shape index (κ1) is 16.7. The van der Waals surface area contributed by atoms with Crippen LogP contribution in [0.25, 0.3) is 0 Å². The molecule has 1 saturated carbocycles. The van der Waals surface area contributed by atoms with Crippen molar-refractivity contribution in [3.8, 4) is 0 Å². The van der Waals surface area contributed by atoms with E-state index in [1.54, 1.807) is 7.05 Å². The molecule has 2 aliphatic heterocycles. The van der Waals surface area contributed by atoms with Crippen molar-refractivity contribution < 1.29 is 17.9 Å². The fraction of sp³-hybridized carbons (Fsp3) is 0.800. The molecule has 3 heterocycles. The van der Waals surface area contributed by atoms with Gasteiger partial charge in [-0.25, -0.2) is 4.31 Å². The summed E-state index contributed by atoms with van der Waals surface area (Å²) in [6, 6.07) is 1.79. The largest absolute Gasteiger partial charge is 0.435 e. The first-order valence-electron chi connectivity index (χ1n) is 8.21. The predicted molar refractivity (Wildman–Crippen MR) is 83.5 cm³/mol. The van der Waals surface area contributed by atoms with Crippen LogP contribution in [0.1, 0.15) is 18.5 Å². The zero-order chi connectivity index (χ0) is 16.9. The van der Waals surface area contributed by atoms with E-state index in [1.165, 1.54) is 29.5 Å². The van der Waals surface area contributed by atoms with Gasteiger partial charge in [-0.05, 0) is 24.8 Å². The predicted octanol–water partition coefficient (Wildman–Crippen LogP) is 2.24. The molecule has 1 aliphatic carbocycles. The van der Waals surface area contributed by atoms with E-state index in [9.17, 15) is 13.2 Å². The van der Waals surface area contributed by atoms with Crippen molar-refractivity contribution in [1.29, 1.82) is 0 Å². The summed E-state index contributed by atoms with van der Waals surface area (Å²) in [6.07, 6.45) is -1.99. The van der Waals surface area contributed by atoms with E-state index < -0.39 is 11.9 Å². The van der Waals surface area contributed by atoms with Gasteiger partial charge < -0.3 is 4.74 Å².